The third kappa shape index (κ3) is 3.47. The summed E-state index contributed by atoms with van der Waals surface area (Å²) in [7, 11) is 1.73. The monoisotopic (exact) mass is 383 g/mol. The predicted octanol–water partition coefficient (Wildman–Crippen LogP) is 2.91. The third-order valence-electron chi connectivity index (χ3n) is 4.95. The number of likely N-dealkylation sites (tertiary alicyclic amines) is 1. The number of amides is 1. The van der Waals surface area contributed by atoms with Crippen LogP contribution in [0.15, 0.2) is 35.1 Å². The fourth-order valence-corrected chi connectivity index (χ4v) is 4.23. The molecule has 3 aromatic rings. The molecule has 1 aliphatic heterocycles. The number of rotatable bonds is 3. The molecular formula is C20H21N3O3S. The highest BCUT2D eigenvalue weighted by molar-refractivity contribution is 7.18. The number of ether oxygens (including phenoxy) is 1. The lowest BCUT2D eigenvalue weighted by molar-refractivity contribution is 0.0772. The van der Waals surface area contributed by atoms with Gasteiger partial charge in [0.1, 0.15) is 11.9 Å². The molecule has 27 heavy (non-hydrogen) atoms. The van der Waals surface area contributed by atoms with Crippen molar-refractivity contribution < 1.29 is 9.53 Å². The zero-order chi connectivity index (χ0) is 19.1. The molecule has 2 aromatic heterocycles. The van der Waals surface area contributed by atoms with Crippen LogP contribution < -0.4 is 10.3 Å². The lowest BCUT2D eigenvalue weighted by Crippen LogP contribution is -2.31. The van der Waals surface area contributed by atoms with Crippen LogP contribution in [-0.2, 0) is 7.05 Å². The van der Waals surface area contributed by atoms with E-state index in [0.29, 0.717) is 24.4 Å². The van der Waals surface area contributed by atoms with Gasteiger partial charge in [0.15, 0.2) is 0 Å². The highest BCUT2D eigenvalue weighted by Crippen LogP contribution is 2.25. The van der Waals surface area contributed by atoms with Crippen molar-refractivity contribution in [2.75, 3.05) is 13.1 Å². The van der Waals surface area contributed by atoms with Gasteiger partial charge in [-0.15, -0.1) is 11.3 Å². The maximum absolute atomic E-state index is 12.8. The number of benzene rings is 1. The van der Waals surface area contributed by atoms with Gasteiger partial charge < -0.3 is 14.2 Å². The van der Waals surface area contributed by atoms with Gasteiger partial charge in [0.2, 0.25) is 0 Å². The first-order chi connectivity index (χ1) is 12.9. The van der Waals surface area contributed by atoms with Crippen molar-refractivity contribution in [3.8, 4) is 5.75 Å². The van der Waals surface area contributed by atoms with Crippen LogP contribution in [0.4, 0.5) is 0 Å². The predicted molar refractivity (Wildman–Crippen MR) is 106 cm³/mol. The number of nitrogens with zero attached hydrogens (tertiary/aromatic N) is 3. The van der Waals surface area contributed by atoms with Gasteiger partial charge in [-0.1, -0.05) is 0 Å². The Hall–Kier alpha value is -2.67. The molecule has 3 heterocycles. The largest absolute Gasteiger partial charge is 0.488 e. The summed E-state index contributed by atoms with van der Waals surface area (Å²) in [5.74, 6) is 0.575. The number of carbonyl (C=O) groups is 1. The highest BCUT2D eigenvalue weighted by atomic mass is 32.1. The van der Waals surface area contributed by atoms with Gasteiger partial charge in [-0.2, -0.15) is 0 Å². The molecule has 0 N–H and O–H groups in total. The van der Waals surface area contributed by atoms with Crippen LogP contribution in [0.3, 0.4) is 0 Å². The zero-order valence-electron chi connectivity index (χ0n) is 15.6. The minimum atomic E-state index is -0.102. The number of carbonyl (C=O) groups excluding carboxylic acids is 1. The van der Waals surface area contributed by atoms with Crippen LogP contribution in [0.25, 0.3) is 10.2 Å². The molecule has 140 valence electrons. The van der Waals surface area contributed by atoms with Crippen molar-refractivity contribution in [2.45, 2.75) is 26.4 Å². The summed E-state index contributed by atoms with van der Waals surface area (Å²) in [5, 5.41) is 0.994. The summed E-state index contributed by atoms with van der Waals surface area (Å²) in [6, 6.07) is 9.01. The van der Waals surface area contributed by atoms with Gasteiger partial charge in [0.25, 0.3) is 11.5 Å². The van der Waals surface area contributed by atoms with Crippen LogP contribution in [0.5, 0.6) is 5.75 Å². The van der Waals surface area contributed by atoms with E-state index in [1.165, 1.54) is 6.07 Å². The first kappa shape index (κ1) is 17.7. The van der Waals surface area contributed by atoms with Crippen LogP contribution in [0.2, 0.25) is 0 Å². The molecule has 0 spiro atoms. The molecule has 1 amide bonds. The molecule has 1 aliphatic rings. The Morgan fingerprint density at radius 3 is 2.85 bits per heavy atom. The van der Waals surface area contributed by atoms with Crippen LogP contribution in [0.1, 0.15) is 27.5 Å². The molecule has 0 radical (unpaired) electrons. The number of thiazole rings is 1. The molecule has 1 unspecified atom stereocenters. The smallest absolute Gasteiger partial charge is 0.254 e. The van der Waals surface area contributed by atoms with E-state index in [9.17, 15) is 9.59 Å². The Morgan fingerprint density at radius 2 is 2.07 bits per heavy atom. The standard InChI is InChI=1S/C20H21N3O3S/c1-12-8-16(10-19(24)22(12)3)26-15-6-7-23(11-15)20(25)14-4-5-17-18(9-14)27-13(2)21-17/h4-5,8-10,15H,6-7,11H2,1-3H3. The van der Waals surface area contributed by atoms with E-state index in [4.69, 9.17) is 4.74 Å². The van der Waals surface area contributed by atoms with Gasteiger partial charge in [0, 0.05) is 37.3 Å². The summed E-state index contributed by atoms with van der Waals surface area (Å²) in [6.07, 6.45) is 0.650. The average Bonchev–Trinajstić information content (AvgIpc) is 3.23. The molecule has 1 aromatic carbocycles. The number of hydrogen-bond donors (Lipinski definition) is 0. The first-order valence-corrected chi connectivity index (χ1v) is 9.73. The van der Waals surface area contributed by atoms with Gasteiger partial charge in [-0.25, -0.2) is 4.98 Å². The SMILES string of the molecule is Cc1nc2ccc(C(=O)N3CCC(Oc4cc(C)n(C)c(=O)c4)C3)cc2s1. The van der Waals surface area contributed by atoms with Crippen molar-refractivity contribution in [1.82, 2.24) is 14.5 Å². The minimum absolute atomic E-state index is 0.00853. The Bertz CT molecular complexity index is 1090. The summed E-state index contributed by atoms with van der Waals surface area (Å²) < 4.78 is 8.57. The molecule has 0 saturated carbocycles. The van der Waals surface area contributed by atoms with Gasteiger partial charge in [0.05, 0.1) is 21.8 Å². The Labute approximate surface area is 161 Å². The summed E-state index contributed by atoms with van der Waals surface area (Å²) >= 11 is 1.59. The maximum Gasteiger partial charge on any atom is 0.254 e. The van der Waals surface area contributed by atoms with Crippen LogP contribution in [0, 0.1) is 13.8 Å². The lowest BCUT2D eigenvalue weighted by atomic mass is 10.2. The summed E-state index contributed by atoms with van der Waals surface area (Å²) in [4.78, 5) is 31.0. The van der Waals surface area contributed by atoms with E-state index < -0.39 is 0 Å². The van der Waals surface area contributed by atoms with E-state index >= 15 is 0 Å². The molecule has 6 nitrogen and oxygen atoms in total. The molecule has 0 bridgehead atoms. The van der Waals surface area contributed by atoms with Gasteiger partial charge in [-0.05, 0) is 38.1 Å². The Morgan fingerprint density at radius 1 is 1.26 bits per heavy atom. The van der Waals surface area contributed by atoms with Crippen LogP contribution >= 0.6 is 11.3 Å². The van der Waals surface area contributed by atoms with E-state index in [1.54, 1.807) is 23.0 Å². The van der Waals surface area contributed by atoms with Crippen molar-refractivity contribution in [3.63, 3.8) is 0 Å². The topological polar surface area (TPSA) is 64.4 Å². The van der Waals surface area contributed by atoms with Gasteiger partial charge >= 0.3 is 0 Å². The molecule has 4 rings (SSSR count). The molecule has 7 heteroatoms. The van der Waals surface area contributed by atoms with Crippen molar-refractivity contribution >= 4 is 27.5 Å². The molecule has 1 saturated heterocycles. The maximum atomic E-state index is 12.8. The second-order valence-electron chi connectivity index (χ2n) is 6.92. The molecular weight excluding hydrogens is 362 g/mol. The van der Waals surface area contributed by atoms with Crippen molar-refractivity contribution in [3.05, 3.63) is 57.0 Å². The summed E-state index contributed by atoms with van der Waals surface area (Å²) in [6.45, 7) is 5.00. The fourth-order valence-electron chi connectivity index (χ4n) is 3.36. The molecule has 1 fully saturated rings. The zero-order valence-corrected chi connectivity index (χ0v) is 16.4. The second kappa shape index (κ2) is 6.81. The van der Waals surface area contributed by atoms with Gasteiger partial charge in [-0.3, -0.25) is 9.59 Å². The fraction of sp³-hybridized carbons (Fsp3) is 0.350. The number of hydrogen-bond acceptors (Lipinski definition) is 5. The third-order valence-corrected chi connectivity index (χ3v) is 5.89. The van der Waals surface area contributed by atoms with E-state index in [1.807, 2.05) is 43.0 Å². The van der Waals surface area contributed by atoms with Crippen molar-refractivity contribution in [2.24, 2.45) is 7.05 Å². The minimum Gasteiger partial charge on any atom is -0.488 e. The van der Waals surface area contributed by atoms with E-state index in [-0.39, 0.29) is 17.6 Å². The molecule has 0 aliphatic carbocycles. The highest BCUT2D eigenvalue weighted by Gasteiger charge is 2.28. The Kier molecular flexibility index (Phi) is 4.47. The Balaban J connectivity index is 1.46. The van der Waals surface area contributed by atoms with E-state index in [0.717, 1.165) is 27.3 Å². The van der Waals surface area contributed by atoms with E-state index in [2.05, 4.69) is 4.98 Å². The normalized spacial score (nSPS) is 16.9. The average molecular weight is 383 g/mol. The number of aryl methyl sites for hydroxylation is 2. The molecule has 1 atom stereocenters. The number of fused-ring (bicyclic) bond motifs is 1. The second-order valence-corrected chi connectivity index (χ2v) is 8.16. The summed E-state index contributed by atoms with van der Waals surface area (Å²) in [5.41, 5.74) is 2.36. The number of aromatic nitrogens is 2. The van der Waals surface area contributed by atoms with Crippen molar-refractivity contribution in [1.29, 1.82) is 0 Å². The lowest BCUT2D eigenvalue weighted by Gasteiger charge is -2.18. The quantitative estimate of drug-likeness (QED) is 0.698. The first-order valence-electron chi connectivity index (χ1n) is 8.91. The van der Waals surface area contributed by atoms with Crippen LogP contribution in [-0.4, -0.2) is 39.6 Å². The number of pyridine rings is 1.